The second-order valence-corrected chi connectivity index (χ2v) is 15.1. The third-order valence-electron chi connectivity index (χ3n) is 9.33. The molecular formula is C43H44N4O. The molecule has 0 bridgehead atoms. The summed E-state index contributed by atoms with van der Waals surface area (Å²) in [4.78, 5) is 4.87. The Morgan fingerprint density at radius 2 is 1.38 bits per heavy atom. The minimum absolute atomic E-state index is 0.00438. The number of fused-ring (bicyclic) bond motifs is 3. The van der Waals surface area contributed by atoms with Gasteiger partial charge in [0.05, 0.1) is 22.4 Å². The van der Waals surface area contributed by atoms with E-state index in [4.69, 9.17) is 14.8 Å². The molecule has 0 radical (unpaired) electrons. The van der Waals surface area contributed by atoms with Gasteiger partial charge >= 0.3 is 0 Å². The third kappa shape index (κ3) is 5.68. The van der Waals surface area contributed by atoms with Crippen LogP contribution >= 0.6 is 0 Å². The van der Waals surface area contributed by atoms with Crippen LogP contribution in [0.15, 0.2) is 103 Å². The maximum absolute atomic E-state index is 6.76. The zero-order valence-corrected chi connectivity index (χ0v) is 29.5. The standard InChI is InChI=1S/C43H44N4O/c1-27-15-18-38-37(21-27)36-17-16-34(26-39(36)46(38)40-24-31(19-20-44-40)42(4,5)6)48-35-23-32(43(7,8)9)22-33(25-35)47-29(3)41(28(2)45-47)30-13-11-10-12-14-30/h10-26H,1-9H3. The molecule has 3 aromatic heterocycles. The Morgan fingerprint density at radius 3 is 2.10 bits per heavy atom. The van der Waals surface area contributed by atoms with E-state index in [2.05, 4.69) is 163 Å². The minimum Gasteiger partial charge on any atom is -0.457 e. The van der Waals surface area contributed by atoms with Crippen molar-refractivity contribution < 1.29 is 4.74 Å². The predicted octanol–water partition coefficient (Wildman–Crippen LogP) is 11.3. The summed E-state index contributed by atoms with van der Waals surface area (Å²) >= 11 is 0. The van der Waals surface area contributed by atoms with Crippen LogP contribution in [0.3, 0.4) is 0 Å². The lowest BCUT2D eigenvalue weighted by Gasteiger charge is -2.22. The van der Waals surface area contributed by atoms with Gasteiger partial charge in [-0.2, -0.15) is 5.10 Å². The lowest BCUT2D eigenvalue weighted by molar-refractivity contribution is 0.478. The Morgan fingerprint density at radius 1 is 0.625 bits per heavy atom. The highest BCUT2D eigenvalue weighted by molar-refractivity contribution is 6.09. The van der Waals surface area contributed by atoms with Crippen LogP contribution in [0.2, 0.25) is 0 Å². The van der Waals surface area contributed by atoms with E-state index in [1.54, 1.807) is 0 Å². The van der Waals surface area contributed by atoms with Crippen molar-refractivity contribution in [3.63, 3.8) is 0 Å². The molecule has 0 amide bonds. The molecule has 0 atom stereocenters. The van der Waals surface area contributed by atoms with Gasteiger partial charge in [0.1, 0.15) is 17.3 Å². The number of aryl methyl sites for hydroxylation is 2. The Bertz CT molecular complexity index is 2310. The molecule has 5 heteroatoms. The highest BCUT2D eigenvalue weighted by atomic mass is 16.5. The molecule has 242 valence electrons. The molecule has 0 aliphatic rings. The lowest BCUT2D eigenvalue weighted by Crippen LogP contribution is -2.12. The van der Waals surface area contributed by atoms with Gasteiger partial charge in [-0.05, 0) is 96.8 Å². The zero-order valence-electron chi connectivity index (χ0n) is 29.5. The highest BCUT2D eigenvalue weighted by Gasteiger charge is 2.22. The second-order valence-electron chi connectivity index (χ2n) is 15.1. The van der Waals surface area contributed by atoms with Crippen LogP contribution in [0.1, 0.15) is 69.6 Å². The summed E-state index contributed by atoms with van der Waals surface area (Å²) in [5.74, 6) is 2.45. The van der Waals surface area contributed by atoms with E-state index in [1.807, 2.05) is 12.3 Å². The van der Waals surface area contributed by atoms with Crippen molar-refractivity contribution in [1.82, 2.24) is 19.3 Å². The quantitative estimate of drug-likeness (QED) is 0.190. The van der Waals surface area contributed by atoms with Crippen LogP contribution in [-0.2, 0) is 10.8 Å². The molecule has 0 N–H and O–H groups in total. The normalized spacial score (nSPS) is 12.3. The Balaban J connectivity index is 1.36. The minimum atomic E-state index is -0.0928. The Hall–Kier alpha value is -5.16. The molecule has 48 heavy (non-hydrogen) atoms. The summed E-state index contributed by atoms with van der Waals surface area (Å²) in [6, 6.07) is 34.3. The van der Waals surface area contributed by atoms with Gasteiger partial charge in [-0.3, -0.25) is 4.57 Å². The Labute approximate surface area is 283 Å². The SMILES string of the molecule is Cc1ccc2c(c1)c1ccc(Oc3cc(-n4nc(C)c(-c5ccccc5)c4C)cc(C(C)(C)C)c3)cc1n2-c1cc(C(C)(C)C)ccn1. The number of benzene rings is 4. The molecule has 0 spiro atoms. The molecule has 7 rings (SSSR count). The molecule has 0 aliphatic heterocycles. The number of aromatic nitrogens is 4. The lowest BCUT2D eigenvalue weighted by atomic mass is 9.86. The summed E-state index contributed by atoms with van der Waals surface area (Å²) in [6.07, 6.45) is 1.92. The van der Waals surface area contributed by atoms with Gasteiger partial charge in [0, 0.05) is 40.4 Å². The highest BCUT2D eigenvalue weighted by Crippen LogP contribution is 2.38. The number of hydrogen-bond donors (Lipinski definition) is 0. The number of rotatable bonds is 5. The van der Waals surface area contributed by atoms with Crippen molar-refractivity contribution in [1.29, 1.82) is 0 Å². The first kappa shape index (κ1) is 31.4. The average Bonchev–Trinajstić information content (AvgIpc) is 3.52. The van der Waals surface area contributed by atoms with E-state index in [9.17, 15) is 0 Å². The van der Waals surface area contributed by atoms with Gasteiger partial charge in [0.2, 0.25) is 0 Å². The predicted molar refractivity (Wildman–Crippen MR) is 199 cm³/mol. The van der Waals surface area contributed by atoms with Crippen LogP contribution in [0.4, 0.5) is 0 Å². The molecule has 4 aromatic carbocycles. The van der Waals surface area contributed by atoms with E-state index in [0.717, 1.165) is 51.0 Å². The van der Waals surface area contributed by atoms with Gasteiger partial charge in [-0.1, -0.05) is 83.5 Å². The molecule has 0 saturated heterocycles. The van der Waals surface area contributed by atoms with E-state index in [0.29, 0.717) is 0 Å². The van der Waals surface area contributed by atoms with Crippen molar-refractivity contribution in [2.24, 2.45) is 0 Å². The number of pyridine rings is 1. The van der Waals surface area contributed by atoms with Crippen LogP contribution in [0.5, 0.6) is 11.5 Å². The Kier molecular flexibility index (Phi) is 7.54. The van der Waals surface area contributed by atoms with E-state index in [-0.39, 0.29) is 10.8 Å². The van der Waals surface area contributed by atoms with Crippen LogP contribution < -0.4 is 4.74 Å². The van der Waals surface area contributed by atoms with E-state index in [1.165, 1.54) is 33.0 Å². The van der Waals surface area contributed by atoms with Crippen molar-refractivity contribution in [3.8, 4) is 34.1 Å². The van der Waals surface area contributed by atoms with Crippen molar-refractivity contribution in [3.05, 3.63) is 131 Å². The summed E-state index contributed by atoms with van der Waals surface area (Å²) < 4.78 is 11.1. The third-order valence-corrected chi connectivity index (χ3v) is 9.33. The van der Waals surface area contributed by atoms with Crippen molar-refractivity contribution >= 4 is 21.8 Å². The van der Waals surface area contributed by atoms with Crippen LogP contribution in [-0.4, -0.2) is 19.3 Å². The summed E-state index contributed by atoms with van der Waals surface area (Å²) in [5.41, 5.74) is 11.2. The largest absolute Gasteiger partial charge is 0.457 e. The van der Waals surface area contributed by atoms with Crippen LogP contribution in [0, 0.1) is 20.8 Å². The molecule has 3 heterocycles. The summed E-state index contributed by atoms with van der Waals surface area (Å²) in [7, 11) is 0. The first-order valence-corrected chi connectivity index (χ1v) is 16.7. The van der Waals surface area contributed by atoms with Gasteiger partial charge in [-0.25, -0.2) is 9.67 Å². The molecule has 0 fully saturated rings. The maximum Gasteiger partial charge on any atom is 0.137 e. The second kappa shape index (κ2) is 11.5. The fourth-order valence-corrected chi connectivity index (χ4v) is 6.68. The maximum atomic E-state index is 6.76. The molecule has 0 unspecified atom stereocenters. The number of hydrogen-bond acceptors (Lipinski definition) is 3. The van der Waals surface area contributed by atoms with Gasteiger partial charge in [-0.15, -0.1) is 0 Å². The van der Waals surface area contributed by atoms with E-state index >= 15 is 0 Å². The van der Waals surface area contributed by atoms with E-state index < -0.39 is 0 Å². The van der Waals surface area contributed by atoms with Crippen molar-refractivity contribution in [2.45, 2.75) is 73.1 Å². The van der Waals surface area contributed by atoms with Crippen molar-refractivity contribution in [2.75, 3.05) is 0 Å². The zero-order chi connectivity index (χ0) is 34.0. The first-order chi connectivity index (χ1) is 22.8. The average molecular weight is 633 g/mol. The molecular weight excluding hydrogens is 589 g/mol. The monoisotopic (exact) mass is 632 g/mol. The molecule has 0 aliphatic carbocycles. The molecule has 5 nitrogen and oxygen atoms in total. The smallest absolute Gasteiger partial charge is 0.137 e. The summed E-state index contributed by atoms with van der Waals surface area (Å²) in [5, 5.41) is 7.40. The fourth-order valence-electron chi connectivity index (χ4n) is 6.68. The van der Waals surface area contributed by atoms with Gasteiger partial charge < -0.3 is 4.74 Å². The topological polar surface area (TPSA) is 44.9 Å². The number of ether oxygens (including phenoxy) is 1. The van der Waals surface area contributed by atoms with Gasteiger partial charge in [0.25, 0.3) is 0 Å². The van der Waals surface area contributed by atoms with Gasteiger partial charge in [0.15, 0.2) is 0 Å². The fraction of sp³-hybridized carbons (Fsp3) is 0.256. The summed E-state index contributed by atoms with van der Waals surface area (Å²) in [6.45, 7) is 19.8. The van der Waals surface area contributed by atoms with Crippen LogP contribution in [0.25, 0.3) is 44.4 Å². The molecule has 7 aromatic rings. The molecule has 0 saturated carbocycles. The number of nitrogens with zero attached hydrogens (tertiary/aromatic N) is 4. The first-order valence-electron chi connectivity index (χ1n) is 16.7.